The summed E-state index contributed by atoms with van der Waals surface area (Å²) < 4.78 is 1.85. The summed E-state index contributed by atoms with van der Waals surface area (Å²) in [5.41, 5.74) is 4.85. The monoisotopic (exact) mass is 358 g/mol. The number of anilines is 2. The smallest absolute Gasteiger partial charge is 0.333 e. The van der Waals surface area contributed by atoms with Gasteiger partial charge in [-0.3, -0.25) is 14.2 Å². The molecular weight excluding hydrogens is 344 g/mol. The van der Waals surface area contributed by atoms with E-state index in [1.807, 2.05) is 0 Å². The summed E-state index contributed by atoms with van der Waals surface area (Å²) >= 11 is 5.87. The molecule has 128 valence electrons. The van der Waals surface area contributed by atoms with E-state index >= 15 is 0 Å². The molecule has 8 heteroatoms. The van der Waals surface area contributed by atoms with E-state index in [4.69, 9.17) is 23.8 Å². The van der Waals surface area contributed by atoms with E-state index in [9.17, 15) is 14.4 Å². The minimum atomic E-state index is -0.761. The molecule has 2 rings (SSSR count). The fourth-order valence-corrected chi connectivity index (χ4v) is 2.28. The number of nitrogens with one attached hydrogen (secondary N) is 1. The number of nitrogens with two attached hydrogens (primary N) is 1. The Bertz CT molecular complexity index is 1010. The molecule has 0 saturated heterocycles. The van der Waals surface area contributed by atoms with E-state index in [2.05, 4.69) is 11.2 Å². The first-order valence-corrected chi connectivity index (χ1v) is 7.50. The van der Waals surface area contributed by atoms with Crippen LogP contribution in [0.15, 0.2) is 39.9 Å². The predicted octanol–water partition coefficient (Wildman–Crippen LogP) is 1.07. The van der Waals surface area contributed by atoms with Crippen LogP contribution in [0, 0.1) is 12.3 Å². The number of nitrogens with zero attached hydrogens (tertiary/aromatic N) is 2. The zero-order chi connectivity index (χ0) is 18.6. The number of benzene rings is 1. The molecule has 0 spiro atoms. The summed E-state index contributed by atoms with van der Waals surface area (Å²) in [5.74, 6) is 1.47. The van der Waals surface area contributed by atoms with Gasteiger partial charge in [-0.05, 0) is 23.8 Å². The van der Waals surface area contributed by atoms with Crippen molar-refractivity contribution in [3.05, 3.63) is 61.8 Å². The molecule has 1 amide bonds. The Balaban J connectivity index is 2.34. The average Bonchev–Trinajstić information content (AvgIpc) is 2.59. The van der Waals surface area contributed by atoms with Crippen molar-refractivity contribution in [3.8, 4) is 12.3 Å². The normalized spacial score (nSPS) is 10.6. The Labute approximate surface area is 148 Å². The summed E-state index contributed by atoms with van der Waals surface area (Å²) in [4.78, 5) is 36.4. The van der Waals surface area contributed by atoms with Crippen LogP contribution in [0.1, 0.15) is 5.56 Å². The summed E-state index contributed by atoms with van der Waals surface area (Å²) in [6.45, 7) is -0.229. The van der Waals surface area contributed by atoms with Gasteiger partial charge in [0, 0.05) is 18.1 Å². The molecule has 0 atom stereocenters. The van der Waals surface area contributed by atoms with Crippen LogP contribution in [-0.2, 0) is 18.4 Å². The fraction of sp³-hybridized carbons (Fsp3) is 0.118. The van der Waals surface area contributed by atoms with Crippen LogP contribution in [0.2, 0.25) is 5.02 Å². The van der Waals surface area contributed by atoms with Gasteiger partial charge in [-0.25, -0.2) is 9.36 Å². The molecule has 0 radical (unpaired) electrons. The molecule has 0 aliphatic rings. The van der Waals surface area contributed by atoms with Crippen molar-refractivity contribution in [2.75, 3.05) is 11.1 Å². The molecule has 2 aromatic rings. The molecule has 0 bridgehead atoms. The van der Waals surface area contributed by atoms with Crippen molar-refractivity contribution < 1.29 is 4.79 Å². The lowest BCUT2D eigenvalue weighted by Crippen LogP contribution is -2.41. The average molecular weight is 359 g/mol. The van der Waals surface area contributed by atoms with Gasteiger partial charge in [0.25, 0.3) is 5.56 Å². The zero-order valence-electron chi connectivity index (χ0n) is 13.3. The third-order valence-corrected chi connectivity index (χ3v) is 3.60. The van der Waals surface area contributed by atoms with Gasteiger partial charge in [-0.1, -0.05) is 29.7 Å². The summed E-state index contributed by atoms with van der Waals surface area (Å²) in [5, 5.41) is 2.91. The third kappa shape index (κ3) is 4.00. The number of aromatic nitrogens is 2. The highest BCUT2D eigenvalue weighted by molar-refractivity contribution is 6.30. The predicted molar refractivity (Wildman–Crippen MR) is 98.3 cm³/mol. The van der Waals surface area contributed by atoms with Gasteiger partial charge >= 0.3 is 5.69 Å². The maximum Gasteiger partial charge on any atom is 0.333 e. The molecule has 0 saturated carbocycles. The first-order chi connectivity index (χ1) is 11.8. The van der Waals surface area contributed by atoms with E-state index in [1.54, 1.807) is 24.3 Å². The molecule has 25 heavy (non-hydrogen) atoms. The quantitative estimate of drug-likeness (QED) is 0.630. The maximum absolute atomic E-state index is 12.3. The lowest BCUT2D eigenvalue weighted by Gasteiger charge is -2.12. The van der Waals surface area contributed by atoms with Gasteiger partial charge in [0.1, 0.15) is 11.5 Å². The minimum absolute atomic E-state index is 0.159. The fourth-order valence-electron chi connectivity index (χ4n) is 2.08. The first kappa shape index (κ1) is 18.1. The minimum Gasteiger partial charge on any atom is -0.383 e. The molecule has 1 aromatic carbocycles. The second-order valence-electron chi connectivity index (χ2n) is 5.07. The molecule has 0 aliphatic carbocycles. The van der Waals surface area contributed by atoms with E-state index in [0.29, 0.717) is 10.6 Å². The largest absolute Gasteiger partial charge is 0.383 e. The molecule has 7 nitrogen and oxygen atoms in total. The van der Waals surface area contributed by atoms with Crippen LogP contribution in [0.4, 0.5) is 11.5 Å². The number of nitrogen functional groups attached to an aromatic ring is 1. The number of halogens is 1. The van der Waals surface area contributed by atoms with Gasteiger partial charge in [0.15, 0.2) is 0 Å². The van der Waals surface area contributed by atoms with Gasteiger partial charge in [-0.15, -0.1) is 6.42 Å². The van der Waals surface area contributed by atoms with Crippen molar-refractivity contribution in [2.45, 2.75) is 6.54 Å². The van der Waals surface area contributed by atoms with Crippen molar-refractivity contribution >= 4 is 35.1 Å². The summed E-state index contributed by atoms with van der Waals surface area (Å²) in [6.07, 6.45) is 7.91. The lowest BCUT2D eigenvalue weighted by molar-refractivity contribution is -0.111. The number of hydrogen-bond acceptors (Lipinski definition) is 4. The second-order valence-corrected chi connectivity index (χ2v) is 5.51. The molecule has 1 aromatic heterocycles. The zero-order valence-corrected chi connectivity index (χ0v) is 14.1. The molecule has 1 heterocycles. The second kappa shape index (κ2) is 7.55. The number of carbonyl (C=O) groups is 1. The molecule has 0 aliphatic heterocycles. The van der Waals surface area contributed by atoms with Crippen molar-refractivity contribution in [3.63, 3.8) is 0 Å². The highest BCUT2D eigenvalue weighted by atomic mass is 35.5. The van der Waals surface area contributed by atoms with Crippen molar-refractivity contribution in [1.82, 2.24) is 9.13 Å². The van der Waals surface area contributed by atoms with Crippen LogP contribution in [0.25, 0.3) is 6.08 Å². The van der Waals surface area contributed by atoms with Crippen LogP contribution >= 0.6 is 11.6 Å². The van der Waals surface area contributed by atoms with Crippen LogP contribution in [-0.4, -0.2) is 15.0 Å². The summed E-state index contributed by atoms with van der Waals surface area (Å²) in [6, 6.07) is 6.88. The van der Waals surface area contributed by atoms with E-state index < -0.39 is 17.2 Å². The first-order valence-electron chi connectivity index (χ1n) is 7.12. The maximum atomic E-state index is 12.3. The Hall–Kier alpha value is -3.24. The number of carbonyl (C=O) groups excluding carboxylic acids is 1. The third-order valence-electron chi connectivity index (χ3n) is 3.37. The van der Waals surface area contributed by atoms with Gasteiger partial charge < -0.3 is 11.1 Å². The lowest BCUT2D eigenvalue weighted by atomic mass is 10.2. The molecule has 0 unspecified atom stereocenters. The Kier molecular flexibility index (Phi) is 5.47. The molecule has 3 N–H and O–H groups in total. The number of rotatable bonds is 4. The van der Waals surface area contributed by atoms with Crippen molar-refractivity contribution in [1.29, 1.82) is 0 Å². The highest BCUT2D eigenvalue weighted by Gasteiger charge is 2.16. The Morgan fingerprint density at radius 3 is 2.80 bits per heavy atom. The Morgan fingerprint density at radius 1 is 1.44 bits per heavy atom. The van der Waals surface area contributed by atoms with E-state index in [0.717, 1.165) is 9.13 Å². The van der Waals surface area contributed by atoms with Crippen LogP contribution in [0.5, 0.6) is 0 Å². The highest BCUT2D eigenvalue weighted by Crippen LogP contribution is 2.13. The molecular formula is C17H15ClN4O3. The van der Waals surface area contributed by atoms with Crippen LogP contribution in [0.3, 0.4) is 0 Å². The number of terminal acetylenes is 1. The number of amides is 1. The van der Waals surface area contributed by atoms with Gasteiger partial charge in [-0.2, -0.15) is 0 Å². The SMILES string of the molecule is C#CCn1c(=O)c(NC(=O)/C=C/c2cccc(Cl)c2)c(N)n(C)c1=O. The van der Waals surface area contributed by atoms with Crippen LogP contribution < -0.4 is 22.3 Å². The van der Waals surface area contributed by atoms with Gasteiger partial charge in [0.2, 0.25) is 5.91 Å². The van der Waals surface area contributed by atoms with Crippen molar-refractivity contribution in [2.24, 2.45) is 7.05 Å². The Morgan fingerprint density at radius 2 is 2.16 bits per heavy atom. The summed E-state index contributed by atoms with van der Waals surface area (Å²) in [7, 11) is 1.38. The van der Waals surface area contributed by atoms with Gasteiger partial charge in [0.05, 0.1) is 6.54 Å². The van der Waals surface area contributed by atoms with E-state index in [1.165, 1.54) is 19.2 Å². The standard InChI is InChI=1S/C17H15ClN4O3/c1-3-9-22-16(24)14(15(19)21(2)17(22)25)20-13(23)8-7-11-5-4-6-12(18)10-11/h1,4-8,10H,9,19H2,2H3,(H,20,23)/b8-7+. The number of hydrogen-bond donors (Lipinski definition) is 2. The van der Waals surface area contributed by atoms with E-state index in [-0.39, 0.29) is 18.1 Å². The molecule has 0 fully saturated rings. The topological polar surface area (TPSA) is 99.1 Å².